The summed E-state index contributed by atoms with van der Waals surface area (Å²) >= 11 is 3.66. The van der Waals surface area contributed by atoms with Gasteiger partial charge in [0.2, 0.25) is 0 Å². The highest BCUT2D eigenvalue weighted by atomic mass is 79.9. The largest absolute Gasteiger partial charge is 0.365 e. The molecule has 0 spiro atoms. The Kier molecular flexibility index (Phi) is 3.79. The molecule has 1 aliphatic heterocycles. The molecule has 1 aliphatic rings. The zero-order valence-corrected chi connectivity index (χ0v) is 12.4. The van der Waals surface area contributed by atoms with Gasteiger partial charge in [0.15, 0.2) is 0 Å². The third-order valence-electron chi connectivity index (χ3n) is 3.99. The number of nitrogens with zero attached hydrogens (tertiary/aromatic N) is 1. The van der Waals surface area contributed by atoms with E-state index in [2.05, 4.69) is 64.3 Å². The molecule has 1 unspecified atom stereocenters. The Morgan fingerprint density at radius 3 is 2.76 bits per heavy atom. The van der Waals surface area contributed by atoms with Crippen LogP contribution in [0.4, 0.5) is 5.69 Å². The highest BCUT2D eigenvalue weighted by Gasteiger charge is 2.41. The summed E-state index contributed by atoms with van der Waals surface area (Å²) in [5.41, 5.74) is 1.53. The van der Waals surface area contributed by atoms with E-state index >= 15 is 0 Å². The number of para-hydroxylation sites is 1. The summed E-state index contributed by atoms with van der Waals surface area (Å²) in [4.78, 5) is 2.53. The van der Waals surface area contributed by atoms with Crippen LogP contribution in [0.25, 0.3) is 0 Å². The van der Waals surface area contributed by atoms with Crippen molar-refractivity contribution in [2.75, 3.05) is 25.0 Å². The minimum Gasteiger partial charge on any atom is -0.365 e. The molecule has 0 saturated carbocycles. The Morgan fingerprint density at radius 2 is 2.12 bits per heavy atom. The number of nitrogens with one attached hydrogen (secondary N) is 1. The fourth-order valence-corrected chi connectivity index (χ4v) is 3.35. The van der Waals surface area contributed by atoms with Gasteiger partial charge in [-0.15, -0.1) is 0 Å². The zero-order valence-electron chi connectivity index (χ0n) is 10.8. The summed E-state index contributed by atoms with van der Waals surface area (Å²) < 4.78 is 1.19. The number of benzene rings is 1. The molecule has 1 aromatic rings. The van der Waals surface area contributed by atoms with E-state index in [-0.39, 0.29) is 5.54 Å². The molecule has 0 aromatic heterocycles. The Morgan fingerprint density at radius 1 is 1.41 bits per heavy atom. The molecular weight excluding hydrogens is 276 g/mol. The lowest BCUT2D eigenvalue weighted by molar-refractivity contribution is 0.356. The van der Waals surface area contributed by atoms with Crippen LogP contribution < -0.4 is 10.2 Å². The molecule has 0 aliphatic carbocycles. The normalized spacial score (nSPS) is 23.1. The maximum atomic E-state index is 3.66. The summed E-state index contributed by atoms with van der Waals surface area (Å²) in [6.07, 6.45) is 1.26. The Hall–Kier alpha value is -0.540. The predicted octanol–water partition coefficient (Wildman–Crippen LogP) is 3.27. The van der Waals surface area contributed by atoms with Crippen LogP contribution in [0.2, 0.25) is 0 Å². The molecule has 0 amide bonds. The Balaban J connectivity index is 2.27. The van der Waals surface area contributed by atoms with E-state index in [1.807, 2.05) is 7.05 Å². The molecule has 2 rings (SSSR count). The molecule has 1 fully saturated rings. The summed E-state index contributed by atoms with van der Waals surface area (Å²) in [5.74, 6) is 0.708. The van der Waals surface area contributed by atoms with Crippen LogP contribution in [-0.4, -0.2) is 25.7 Å². The van der Waals surface area contributed by atoms with Crippen LogP contribution in [-0.2, 0) is 0 Å². The zero-order chi connectivity index (χ0) is 12.5. The first-order chi connectivity index (χ1) is 8.07. The van der Waals surface area contributed by atoms with E-state index in [0.717, 1.165) is 13.1 Å². The van der Waals surface area contributed by atoms with Gasteiger partial charge in [0.05, 0.1) is 5.69 Å². The maximum Gasteiger partial charge on any atom is 0.0515 e. The monoisotopic (exact) mass is 296 g/mol. The summed E-state index contributed by atoms with van der Waals surface area (Å²) in [5, 5.41) is 3.31. The lowest BCUT2D eigenvalue weighted by Crippen LogP contribution is -2.45. The van der Waals surface area contributed by atoms with Gasteiger partial charge >= 0.3 is 0 Å². The fraction of sp³-hybridized carbons (Fsp3) is 0.571. The highest BCUT2D eigenvalue weighted by molar-refractivity contribution is 9.10. The topological polar surface area (TPSA) is 15.3 Å². The van der Waals surface area contributed by atoms with Gasteiger partial charge in [-0.3, -0.25) is 0 Å². The number of anilines is 1. The second kappa shape index (κ2) is 4.99. The molecule has 1 saturated heterocycles. The molecule has 1 heterocycles. The van der Waals surface area contributed by atoms with Crippen molar-refractivity contribution in [2.24, 2.45) is 5.92 Å². The average molecular weight is 297 g/mol. The van der Waals surface area contributed by atoms with Crippen molar-refractivity contribution in [1.29, 1.82) is 0 Å². The SMILES string of the molecule is CNCC1CCN(c2ccccc2Br)C1(C)C. The lowest BCUT2D eigenvalue weighted by atomic mass is 9.88. The highest BCUT2D eigenvalue weighted by Crippen LogP contribution is 2.40. The first kappa shape index (κ1) is 12.9. The van der Waals surface area contributed by atoms with E-state index in [4.69, 9.17) is 0 Å². The van der Waals surface area contributed by atoms with Crippen LogP contribution in [0.3, 0.4) is 0 Å². The van der Waals surface area contributed by atoms with Gasteiger partial charge in [-0.1, -0.05) is 12.1 Å². The van der Waals surface area contributed by atoms with Gasteiger partial charge < -0.3 is 10.2 Å². The molecule has 1 aromatic carbocycles. The smallest absolute Gasteiger partial charge is 0.0515 e. The summed E-state index contributed by atoms with van der Waals surface area (Å²) in [7, 11) is 2.04. The van der Waals surface area contributed by atoms with Crippen molar-refractivity contribution < 1.29 is 0 Å². The van der Waals surface area contributed by atoms with E-state index in [1.165, 1.54) is 16.6 Å². The minimum atomic E-state index is 0.215. The molecule has 17 heavy (non-hydrogen) atoms. The standard InChI is InChI=1S/C14H21BrN2/c1-14(2)11(10-16-3)8-9-17(14)13-7-5-4-6-12(13)15/h4-7,11,16H,8-10H2,1-3H3. The van der Waals surface area contributed by atoms with Crippen LogP contribution >= 0.6 is 15.9 Å². The van der Waals surface area contributed by atoms with Gasteiger partial charge in [0, 0.05) is 16.6 Å². The molecule has 1 N–H and O–H groups in total. The van der Waals surface area contributed by atoms with Crippen molar-refractivity contribution in [1.82, 2.24) is 5.32 Å². The molecule has 0 radical (unpaired) electrons. The minimum absolute atomic E-state index is 0.215. The van der Waals surface area contributed by atoms with Crippen molar-refractivity contribution in [3.05, 3.63) is 28.7 Å². The summed E-state index contributed by atoms with van der Waals surface area (Å²) in [6, 6.07) is 8.51. The second-order valence-corrected chi connectivity index (χ2v) is 6.15. The third kappa shape index (κ3) is 2.36. The van der Waals surface area contributed by atoms with E-state index in [1.54, 1.807) is 0 Å². The Bertz CT molecular complexity index is 390. The van der Waals surface area contributed by atoms with Crippen LogP contribution in [0.5, 0.6) is 0 Å². The van der Waals surface area contributed by atoms with Crippen molar-refractivity contribution >= 4 is 21.6 Å². The molecular formula is C14H21BrN2. The number of hydrogen-bond donors (Lipinski definition) is 1. The van der Waals surface area contributed by atoms with Crippen LogP contribution in [0.15, 0.2) is 28.7 Å². The van der Waals surface area contributed by atoms with E-state index < -0.39 is 0 Å². The van der Waals surface area contributed by atoms with Gasteiger partial charge in [0.25, 0.3) is 0 Å². The molecule has 3 heteroatoms. The van der Waals surface area contributed by atoms with Crippen LogP contribution in [0.1, 0.15) is 20.3 Å². The van der Waals surface area contributed by atoms with Crippen molar-refractivity contribution in [3.8, 4) is 0 Å². The number of halogens is 1. The van der Waals surface area contributed by atoms with E-state index in [9.17, 15) is 0 Å². The maximum absolute atomic E-state index is 3.66. The fourth-order valence-electron chi connectivity index (χ4n) is 2.85. The molecule has 0 bridgehead atoms. The molecule has 1 atom stereocenters. The van der Waals surface area contributed by atoms with E-state index in [0.29, 0.717) is 5.92 Å². The lowest BCUT2D eigenvalue weighted by Gasteiger charge is -2.38. The first-order valence-electron chi connectivity index (χ1n) is 6.24. The van der Waals surface area contributed by atoms with Crippen LogP contribution in [0, 0.1) is 5.92 Å². The number of rotatable bonds is 3. The van der Waals surface area contributed by atoms with Gasteiger partial charge in [-0.25, -0.2) is 0 Å². The second-order valence-electron chi connectivity index (χ2n) is 5.30. The number of hydrogen-bond acceptors (Lipinski definition) is 2. The molecule has 2 nitrogen and oxygen atoms in total. The quantitative estimate of drug-likeness (QED) is 0.921. The van der Waals surface area contributed by atoms with Crippen molar-refractivity contribution in [3.63, 3.8) is 0 Å². The Labute approximate surface area is 113 Å². The summed E-state index contributed by atoms with van der Waals surface area (Å²) in [6.45, 7) is 6.93. The first-order valence-corrected chi connectivity index (χ1v) is 7.03. The average Bonchev–Trinajstić information content (AvgIpc) is 2.57. The van der Waals surface area contributed by atoms with Gasteiger partial charge in [0.1, 0.15) is 0 Å². The predicted molar refractivity (Wildman–Crippen MR) is 77.6 cm³/mol. The van der Waals surface area contributed by atoms with Gasteiger partial charge in [-0.2, -0.15) is 0 Å². The molecule has 94 valence electrons. The van der Waals surface area contributed by atoms with Gasteiger partial charge in [-0.05, 0) is 67.8 Å². The van der Waals surface area contributed by atoms with Crippen molar-refractivity contribution in [2.45, 2.75) is 25.8 Å². The third-order valence-corrected chi connectivity index (χ3v) is 4.66.